The highest BCUT2D eigenvalue weighted by Crippen LogP contribution is 2.13. The number of hydrogen-bond donors (Lipinski definition) is 0. The largest absolute Gasteiger partial charge is 0.494 e. The smallest absolute Gasteiger partial charge is 0.159 e. The molecule has 20 heavy (non-hydrogen) atoms. The summed E-state index contributed by atoms with van der Waals surface area (Å²) in [5, 5.41) is 0. The van der Waals surface area contributed by atoms with Crippen molar-refractivity contribution < 1.29 is 9.53 Å². The second kappa shape index (κ2) is 10.1. The molecule has 0 aliphatic rings. The molecule has 0 aromatic heterocycles. The van der Waals surface area contributed by atoms with E-state index in [1.165, 1.54) is 12.8 Å². The van der Waals surface area contributed by atoms with E-state index in [9.17, 15) is 4.79 Å². The number of hydrogen-bond acceptors (Lipinski definition) is 2. The van der Waals surface area contributed by atoms with Crippen molar-refractivity contribution in [2.45, 2.75) is 52.4 Å². The summed E-state index contributed by atoms with van der Waals surface area (Å²) >= 11 is 0. The predicted octanol–water partition coefficient (Wildman–Crippen LogP) is 4.63. The average Bonchev–Trinajstić information content (AvgIpc) is 2.46. The van der Waals surface area contributed by atoms with Gasteiger partial charge < -0.3 is 4.74 Å². The van der Waals surface area contributed by atoms with Crippen LogP contribution in [-0.4, -0.2) is 12.4 Å². The molecular formula is C18H24O2. The highest BCUT2D eigenvalue weighted by molar-refractivity contribution is 5.94. The second-order valence-electron chi connectivity index (χ2n) is 4.84. The van der Waals surface area contributed by atoms with Crippen LogP contribution in [-0.2, 0) is 0 Å². The van der Waals surface area contributed by atoms with Gasteiger partial charge in [-0.15, -0.1) is 11.8 Å². The van der Waals surface area contributed by atoms with Crippen LogP contribution in [0.2, 0.25) is 0 Å². The first-order valence-electron chi connectivity index (χ1n) is 7.43. The maximum atomic E-state index is 11.1. The number of carbonyl (C=O) groups is 1. The summed E-state index contributed by atoms with van der Waals surface area (Å²) in [4.78, 5) is 11.1. The van der Waals surface area contributed by atoms with Gasteiger partial charge in [0.15, 0.2) is 5.78 Å². The Kier molecular flexibility index (Phi) is 8.22. The molecule has 1 aromatic rings. The molecule has 0 radical (unpaired) electrons. The van der Waals surface area contributed by atoms with Crippen molar-refractivity contribution in [1.82, 2.24) is 0 Å². The molecule has 0 atom stereocenters. The molecule has 1 rings (SSSR count). The number of unbranched alkanes of at least 4 members (excludes halogenated alkanes) is 4. The van der Waals surface area contributed by atoms with Crippen LogP contribution in [0.25, 0.3) is 0 Å². The zero-order valence-electron chi connectivity index (χ0n) is 12.6. The lowest BCUT2D eigenvalue weighted by Gasteiger charge is -2.05. The van der Waals surface area contributed by atoms with Crippen LogP contribution in [0.4, 0.5) is 0 Å². The van der Waals surface area contributed by atoms with Crippen molar-refractivity contribution in [3.63, 3.8) is 0 Å². The number of rotatable bonds is 8. The molecule has 0 spiro atoms. The highest BCUT2D eigenvalue weighted by Gasteiger charge is 1.99. The molecule has 0 fully saturated rings. The molecular weight excluding hydrogens is 248 g/mol. The first kappa shape index (κ1) is 16.3. The molecule has 0 saturated heterocycles. The molecule has 0 amide bonds. The predicted molar refractivity (Wildman–Crippen MR) is 83.1 cm³/mol. The Labute approximate surface area is 122 Å². The van der Waals surface area contributed by atoms with Crippen molar-refractivity contribution in [1.29, 1.82) is 0 Å². The van der Waals surface area contributed by atoms with Gasteiger partial charge in [0, 0.05) is 18.4 Å². The lowest BCUT2D eigenvalue weighted by Crippen LogP contribution is -1.98. The summed E-state index contributed by atoms with van der Waals surface area (Å²) in [6, 6.07) is 7.30. The van der Waals surface area contributed by atoms with E-state index in [2.05, 4.69) is 18.8 Å². The number of carbonyl (C=O) groups excluding carboxylic acids is 1. The summed E-state index contributed by atoms with van der Waals surface area (Å²) in [7, 11) is 0. The molecule has 0 saturated carbocycles. The van der Waals surface area contributed by atoms with Crippen LogP contribution in [0.1, 0.15) is 62.7 Å². The van der Waals surface area contributed by atoms with Crippen LogP contribution >= 0.6 is 0 Å². The van der Waals surface area contributed by atoms with E-state index in [0.717, 1.165) is 37.0 Å². The van der Waals surface area contributed by atoms with Gasteiger partial charge in [-0.3, -0.25) is 4.79 Å². The Balaban J connectivity index is 2.11. The van der Waals surface area contributed by atoms with Crippen molar-refractivity contribution in [3.8, 4) is 17.6 Å². The minimum Gasteiger partial charge on any atom is -0.494 e. The number of benzene rings is 1. The summed E-state index contributed by atoms with van der Waals surface area (Å²) in [6.07, 6.45) is 6.48. The van der Waals surface area contributed by atoms with Gasteiger partial charge in [0.05, 0.1) is 6.61 Å². The minimum atomic E-state index is 0.0817. The maximum Gasteiger partial charge on any atom is 0.159 e. The normalized spacial score (nSPS) is 9.70. The molecule has 0 bridgehead atoms. The molecule has 0 unspecified atom stereocenters. The van der Waals surface area contributed by atoms with Gasteiger partial charge >= 0.3 is 0 Å². The van der Waals surface area contributed by atoms with Gasteiger partial charge in [0.1, 0.15) is 5.75 Å². The third-order valence-corrected chi connectivity index (χ3v) is 3.01. The van der Waals surface area contributed by atoms with Crippen molar-refractivity contribution in [2.24, 2.45) is 0 Å². The zero-order valence-corrected chi connectivity index (χ0v) is 12.6. The van der Waals surface area contributed by atoms with Crippen molar-refractivity contribution in [3.05, 3.63) is 29.8 Å². The molecule has 2 nitrogen and oxygen atoms in total. The quantitative estimate of drug-likeness (QED) is 0.392. The molecule has 0 N–H and O–H groups in total. The number of ketones is 1. The topological polar surface area (TPSA) is 26.3 Å². The van der Waals surface area contributed by atoms with E-state index in [0.29, 0.717) is 6.61 Å². The summed E-state index contributed by atoms with van der Waals surface area (Å²) in [6.45, 7) is 4.45. The summed E-state index contributed by atoms with van der Waals surface area (Å²) < 4.78 is 5.63. The fourth-order valence-electron chi connectivity index (χ4n) is 1.73. The van der Waals surface area contributed by atoms with E-state index < -0.39 is 0 Å². The monoisotopic (exact) mass is 272 g/mol. The van der Waals surface area contributed by atoms with Crippen LogP contribution in [0.3, 0.4) is 0 Å². The van der Waals surface area contributed by atoms with Crippen LogP contribution < -0.4 is 4.74 Å². The fourth-order valence-corrected chi connectivity index (χ4v) is 1.73. The highest BCUT2D eigenvalue weighted by atomic mass is 16.5. The van der Waals surface area contributed by atoms with Crippen molar-refractivity contribution in [2.75, 3.05) is 6.61 Å². The second-order valence-corrected chi connectivity index (χ2v) is 4.84. The van der Waals surface area contributed by atoms with Crippen LogP contribution in [0, 0.1) is 11.8 Å². The Hall–Kier alpha value is -1.75. The lowest BCUT2D eigenvalue weighted by molar-refractivity contribution is 0.101. The molecule has 0 aliphatic heterocycles. The van der Waals surface area contributed by atoms with E-state index in [1.807, 2.05) is 12.1 Å². The molecule has 2 heteroatoms. The van der Waals surface area contributed by atoms with Gasteiger partial charge in [-0.25, -0.2) is 0 Å². The van der Waals surface area contributed by atoms with E-state index in [-0.39, 0.29) is 5.78 Å². The third kappa shape index (κ3) is 6.99. The van der Waals surface area contributed by atoms with Gasteiger partial charge in [-0.05, 0) is 50.5 Å². The maximum absolute atomic E-state index is 11.1. The Bertz CT molecular complexity index is 449. The van der Waals surface area contributed by atoms with Crippen LogP contribution in [0.5, 0.6) is 5.75 Å². The number of Topliss-reactive ketones (excluding diaryl/α,β-unsaturated/α-hetero) is 1. The SMILES string of the molecule is CCCCC#CCCCCOc1ccc(C(C)=O)cc1. The molecule has 108 valence electrons. The standard InChI is InChI=1S/C18H24O2/c1-3-4-5-6-7-8-9-10-15-20-18-13-11-17(12-14-18)16(2)19/h11-14H,3-5,8-10,15H2,1-2H3. The first-order chi connectivity index (χ1) is 9.74. The molecule has 0 aliphatic carbocycles. The summed E-state index contributed by atoms with van der Waals surface area (Å²) in [5.41, 5.74) is 0.722. The first-order valence-corrected chi connectivity index (χ1v) is 7.43. The van der Waals surface area contributed by atoms with Gasteiger partial charge in [-0.1, -0.05) is 13.3 Å². The van der Waals surface area contributed by atoms with Gasteiger partial charge in [0.25, 0.3) is 0 Å². The van der Waals surface area contributed by atoms with E-state index >= 15 is 0 Å². The number of ether oxygens (including phenoxy) is 1. The van der Waals surface area contributed by atoms with Crippen LogP contribution in [0.15, 0.2) is 24.3 Å². The minimum absolute atomic E-state index is 0.0817. The molecule has 1 aromatic carbocycles. The Morgan fingerprint density at radius 2 is 1.70 bits per heavy atom. The third-order valence-electron chi connectivity index (χ3n) is 3.01. The summed E-state index contributed by atoms with van der Waals surface area (Å²) in [5.74, 6) is 7.29. The van der Waals surface area contributed by atoms with E-state index in [4.69, 9.17) is 4.74 Å². The zero-order chi connectivity index (χ0) is 14.6. The van der Waals surface area contributed by atoms with Gasteiger partial charge in [0.2, 0.25) is 0 Å². The Morgan fingerprint density at radius 1 is 1.05 bits per heavy atom. The Morgan fingerprint density at radius 3 is 2.30 bits per heavy atom. The van der Waals surface area contributed by atoms with Gasteiger partial charge in [-0.2, -0.15) is 0 Å². The van der Waals surface area contributed by atoms with E-state index in [1.54, 1.807) is 19.1 Å². The fraction of sp³-hybridized carbons (Fsp3) is 0.500. The van der Waals surface area contributed by atoms with Crippen molar-refractivity contribution >= 4 is 5.78 Å². The lowest BCUT2D eigenvalue weighted by atomic mass is 10.1. The average molecular weight is 272 g/mol. The molecule has 0 heterocycles.